The third kappa shape index (κ3) is 8.29. The molecule has 5 saturated heterocycles. The number of ether oxygens (including phenoxy) is 9. The molecule has 0 radical (unpaired) electrons. The zero-order valence-electron chi connectivity index (χ0n) is 28.6. The summed E-state index contributed by atoms with van der Waals surface area (Å²) in [4.78, 5) is 0. The van der Waals surface area contributed by atoms with Gasteiger partial charge < -0.3 is 109 Å². The van der Waals surface area contributed by atoms with Crippen molar-refractivity contribution >= 4 is 0 Å². The molecule has 13 N–H and O–H groups in total. The second kappa shape index (κ2) is 17.1. The standard InChI is InChI=1S/C30H52O22/c1-6-11(32)16(37)19(40)27(44-6)51-24-17(38)12(33)8(3)47-30(24)52-25-18(39)13(34)7(2)46-29(25)50-22-14(35)9(4)45-28(21(22)42)49-23-15(36)10(5-31)48-26(43)20(23)41/h6-43H,5H2,1-4H3/t6-,7-,8-,9-,10+,11-,12-,13-,14-,15-,16+,17+,18+,19+,20+,21+,22+,23-,24+,25+,26-,27+,28-,29-,30-/m0/s1. The van der Waals surface area contributed by atoms with E-state index in [9.17, 15) is 66.4 Å². The average Bonchev–Trinajstić information content (AvgIpc) is 3.10. The maximum Gasteiger partial charge on any atom is 0.187 e. The summed E-state index contributed by atoms with van der Waals surface area (Å²) in [5, 5.41) is 137. The van der Waals surface area contributed by atoms with Gasteiger partial charge in [-0.3, -0.25) is 0 Å². The average molecular weight is 765 g/mol. The monoisotopic (exact) mass is 764 g/mol. The third-order valence-electron chi connectivity index (χ3n) is 10.2. The van der Waals surface area contributed by atoms with Gasteiger partial charge in [-0.25, -0.2) is 0 Å². The van der Waals surface area contributed by atoms with Gasteiger partial charge >= 0.3 is 0 Å². The number of hydrogen-bond acceptors (Lipinski definition) is 22. The van der Waals surface area contributed by atoms with Crippen molar-refractivity contribution in [3.63, 3.8) is 0 Å². The van der Waals surface area contributed by atoms with E-state index in [0.717, 1.165) is 0 Å². The molecule has 0 saturated carbocycles. The van der Waals surface area contributed by atoms with Gasteiger partial charge in [-0.05, 0) is 27.7 Å². The Kier molecular flexibility index (Phi) is 13.9. The molecular formula is C30H52O22. The SMILES string of the molecule is C[C@@H]1O[C@H](O[C@H]2[C@H](O[C@H]3[C@H](O[C@@H]4[C@@H](O)[C@H](C)O[C@@H](O[C@@H]5[C@@H](O)[C@@H](O)O[C@H](CO)[C@@H]5O)[C@@H]4O)O[C@@H](C)[C@H](O)[C@H]3O)O[C@@H](C)[C@H](O)[C@H]2O)[C@H](O)[C@H](O)[C@H]1O. The van der Waals surface area contributed by atoms with Gasteiger partial charge in [-0.2, -0.15) is 0 Å². The van der Waals surface area contributed by atoms with Crippen molar-refractivity contribution in [2.75, 3.05) is 6.61 Å². The topological polar surface area (TPSA) is 346 Å². The van der Waals surface area contributed by atoms with Crippen LogP contribution in [0.15, 0.2) is 0 Å². The molecule has 5 aliphatic rings. The normalized spacial score (nSPS) is 56.4. The summed E-state index contributed by atoms with van der Waals surface area (Å²) in [6.45, 7) is 4.73. The molecule has 5 rings (SSSR count). The molecule has 304 valence electrons. The van der Waals surface area contributed by atoms with Gasteiger partial charge in [0.05, 0.1) is 31.0 Å². The summed E-state index contributed by atoms with van der Waals surface area (Å²) in [7, 11) is 0. The fraction of sp³-hybridized carbons (Fsp3) is 1.00. The number of aliphatic hydroxyl groups excluding tert-OH is 13. The quantitative estimate of drug-likeness (QED) is 0.104. The van der Waals surface area contributed by atoms with Crippen LogP contribution in [0.25, 0.3) is 0 Å². The Bertz CT molecular complexity index is 1140. The van der Waals surface area contributed by atoms with Crippen molar-refractivity contribution in [3.05, 3.63) is 0 Å². The summed E-state index contributed by atoms with van der Waals surface area (Å²) < 4.78 is 50.9. The highest BCUT2D eigenvalue weighted by Gasteiger charge is 2.56. The Morgan fingerprint density at radius 2 is 0.712 bits per heavy atom. The van der Waals surface area contributed by atoms with Gasteiger partial charge in [0.15, 0.2) is 31.5 Å². The zero-order chi connectivity index (χ0) is 38.5. The Balaban J connectivity index is 1.37. The smallest absolute Gasteiger partial charge is 0.187 e. The van der Waals surface area contributed by atoms with E-state index in [1.54, 1.807) is 0 Å². The highest BCUT2D eigenvalue weighted by Crippen LogP contribution is 2.36. The molecule has 52 heavy (non-hydrogen) atoms. The van der Waals surface area contributed by atoms with E-state index in [2.05, 4.69) is 0 Å². The molecule has 5 fully saturated rings. The van der Waals surface area contributed by atoms with Crippen LogP contribution in [0.2, 0.25) is 0 Å². The molecule has 0 aliphatic carbocycles. The summed E-state index contributed by atoms with van der Waals surface area (Å²) >= 11 is 0. The Morgan fingerprint density at radius 3 is 1.21 bits per heavy atom. The van der Waals surface area contributed by atoms with E-state index in [1.807, 2.05) is 0 Å². The molecule has 5 heterocycles. The molecule has 5 aliphatic heterocycles. The first-order valence-corrected chi connectivity index (χ1v) is 17.0. The maximum atomic E-state index is 11.3. The predicted octanol–water partition coefficient (Wildman–Crippen LogP) is -7.81. The van der Waals surface area contributed by atoms with Crippen LogP contribution >= 0.6 is 0 Å². The van der Waals surface area contributed by atoms with E-state index < -0.39 is 160 Å². The molecule has 0 spiro atoms. The van der Waals surface area contributed by atoms with Crippen molar-refractivity contribution in [2.45, 2.75) is 181 Å². The van der Waals surface area contributed by atoms with Crippen LogP contribution in [0.4, 0.5) is 0 Å². The second-order valence-electron chi connectivity index (χ2n) is 13.9. The molecule has 0 bridgehead atoms. The molecule has 0 aromatic heterocycles. The minimum Gasteiger partial charge on any atom is -0.394 e. The Hall–Kier alpha value is -0.880. The summed E-state index contributed by atoms with van der Waals surface area (Å²) in [5.74, 6) is 0. The first kappa shape index (κ1) is 42.3. The Labute approximate surface area is 297 Å². The van der Waals surface area contributed by atoms with E-state index >= 15 is 0 Å². The number of rotatable bonds is 9. The van der Waals surface area contributed by atoms with Crippen LogP contribution in [0.5, 0.6) is 0 Å². The van der Waals surface area contributed by atoms with Crippen molar-refractivity contribution < 1.29 is 109 Å². The fourth-order valence-electron chi connectivity index (χ4n) is 6.76. The predicted molar refractivity (Wildman–Crippen MR) is 161 cm³/mol. The molecule has 25 atom stereocenters. The van der Waals surface area contributed by atoms with Crippen LogP contribution in [0.1, 0.15) is 27.7 Å². The van der Waals surface area contributed by atoms with Gasteiger partial charge in [0.2, 0.25) is 0 Å². The van der Waals surface area contributed by atoms with Gasteiger partial charge in [0.25, 0.3) is 0 Å². The van der Waals surface area contributed by atoms with Gasteiger partial charge in [-0.1, -0.05) is 0 Å². The van der Waals surface area contributed by atoms with Crippen molar-refractivity contribution in [1.29, 1.82) is 0 Å². The lowest BCUT2D eigenvalue weighted by molar-refractivity contribution is -0.402. The number of hydrogen-bond donors (Lipinski definition) is 13. The van der Waals surface area contributed by atoms with Crippen LogP contribution in [0, 0.1) is 0 Å². The Morgan fingerprint density at radius 1 is 0.346 bits per heavy atom. The summed E-state index contributed by atoms with van der Waals surface area (Å²) in [6.07, 6.45) is -40.7. The molecule has 22 heteroatoms. The molecule has 22 nitrogen and oxygen atoms in total. The largest absolute Gasteiger partial charge is 0.394 e. The van der Waals surface area contributed by atoms with E-state index in [-0.39, 0.29) is 0 Å². The van der Waals surface area contributed by atoms with Crippen molar-refractivity contribution in [3.8, 4) is 0 Å². The highest BCUT2D eigenvalue weighted by atomic mass is 16.8. The molecule has 0 aromatic carbocycles. The van der Waals surface area contributed by atoms with Crippen LogP contribution in [-0.2, 0) is 42.6 Å². The fourth-order valence-corrected chi connectivity index (χ4v) is 6.76. The maximum absolute atomic E-state index is 11.3. The van der Waals surface area contributed by atoms with E-state index in [1.165, 1.54) is 27.7 Å². The molecular weight excluding hydrogens is 712 g/mol. The zero-order valence-corrected chi connectivity index (χ0v) is 28.6. The molecule has 0 aromatic rings. The van der Waals surface area contributed by atoms with Crippen molar-refractivity contribution in [1.82, 2.24) is 0 Å². The first-order chi connectivity index (χ1) is 24.4. The first-order valence-electron chi connectivity index (χ1n) is 17.0. The minimum atomic E-state index is -1.94. The molecule has 0 amide bonds. The summed E-state index contributed by atoms with van der Waals surface area (Å²) in [5.41, 5.74) is 0. The van der Waals surface area contributed by atoms with Crippen LogP contribution in [-0.4, -0.2) is 227 Å². The summed E-state index contributed by atoms with van der Waals surface area (Å²) in [6, 6.07) is 0. The van der Waals surface area contributed by atoms with Crippen LogP contribution < -0.4 is 0 Å². The third-order valence-corrected chi connectivity index (χ3v) is 10.2. The lowest BCUT2D eigenvalue weighted by Crippen LogP contribution is -2.67. The second-order valence-corrected chi connectivity index (χ2v) is 13.9. The van der Waals surface area contributed by atoms with Gasteiger partial charge in [-0.15, -0.1) is 0 Å². The minimum absolute atomic E-state index is 0.768. The van der Waals surface area contributed by atoms with E-state index in [4.69, 9.17) is 42.6 Å². The van der Waals surface area contributed by atoms with Gasteiger partial charge in [0.1, 0.15) is 97.7 Å². The highest BCUT2D eigenvalue weighted by molar-refractivity contribution is 4.97. The van der Waals surface area contributed by atoms with Crippen molar-refractivity contribution in [2.24, 2.45) is 0 Å². The van der Waals surface area contributed by atoms with Gasteiger partial charge in [0, 0.05) is 0 Å². The molecule has 0 unspecified atom stereocenters. The van der Waals surface area contributed by atoms with Crippen LogP contribution in [0.3, 0.4) is 0 Å². The lowest BCUT2D eigenvalue weighted by Gasteiger charge is -2.49. The number of aliphatic hydroxyl groups is 13. The van der Waals surface area contributed by atoms with E-state index in [0.29, 0.717) is 0 Å². The lowest BCUT2D eigenvalue weighted by atomic mass is 9.96.